The Hall–Kier alpha value is -6.18. The van der Waals surface area contributed by atoms with Gasteiger partial charge in [-0.2, -0.15) is 0 Å². The van der Waals surface area contributed by atoms with Crippen molar-refractivity contribution in [2.75, 3.05) is 4.90 Å². The highest BCUT2D eigenvalue weighted by atomic mass is 15.1. The summed E-state index contributed by atoms with van der Waals surface area (Å²) in [5.74, 6) is 0. The van der Waals surface area contributed by atoms with Gasteiger partial charge in [0.25, 0.3) is 0 Å². The Balaban J connectivity index is 1.20. The molecule has 0 radical (unpaired) electrons. The van der Waals surface area contributed by atoms with Crippen LogP contribution in [0.2, 0.25) is 0 Å². The minimum Gasteiger partial charge on any atom is -0.310 e. The lowest BCUT2D eigenvalue weighted by atomic mass is 9.82. The molecule has 0 spiro atoms. The van der Waals surface area contributed by atoms with Crippen molar-refractivity contribution in [3.05, 3.63) is 187 Å². The zero-order chi connectivity index (χ0) is 33.4. The van der Waals surface area contributed by atoms with E-state index in [9.17, 15) is 0 Å². The van der Waals surface area contributed by atoms with Gasteiger partial charge in [0.05, 0.1) is 0 Å². The predicted molar refractivity (Wildman–Crippen MR) is 214 cm³/mol. The van der Waals surface area contributed by atoms with Crippen LogP contribution in [0.1, 0.15) is 25.0 Å². The van der Waals surface area contributed by atoms with Gasteiger partial charge in [-0.3, -0.25) is 0 Å². The van der Waals surface area contributed by atoms with Gasteiger partial charge < -0.3 is 4.90 Å². The van der Waals surface area contributed by atoms with Crippen LogP contribution in [0.15, 0.2) is 176 Å². The molecule has 0 heterocycles. The molecule has 9 aromatic carbocycles. The Morgan fingerprint density at radius 3 is 1.82 bits per heavy atom. The summed E-state index contributed by atoms with van der Waals surface area (Å²) in [5, 5.41) is 10.1. The van der Waals surface area contributed by atoms with Gasteiger partial charge in [-0.25, -0.2) is 0 Å². The summed E-state index contributed by atoms with van der Waals surface area (Å²) in [7, 11) is 0. The normalized spacial score (nSPS) is 13.2. The maximum Gasteiger partial charge on any atom is 0.0468 e. The zero-order valence-electron chi connectivity index (χ0n) is 28.2. The topological polar surface area (TPSA) is 3.24 Å². The van der Waals surface area contributed by atoms with Gasteiger partial charge in [0, 0.05) is 22.5 Å². The van der Waals surface area contributed by atoms with Gasteiger partial charge in [-0.05, 0) is 119 Å². The van der Waals surface area contributed by atoms with E-state index >= 15 is 0 Å². The van der Waals surface area contributed by atoms with Crippen molar-refractivity contribution in [3.63, 3.8) is 0 Å². The number of hydrogen-bond donors (Lipinski definition) is 0. The van der Waals surface area contributed by atoms with Crippen molar-refractivity contribution in [2.24, 2.45) is 0 Å². The van der Waals surface area contributed by atoms with E-state index in [0.717, 1.165) is 17.1 Å². The van der Waals surface area contributed by atoms with Crippen LogP contribution < -0.4 is 4.90 Å². The molecule has 0 N–H and O–H groups in total. The molecule has 0 saturated carbocycles. The second kappa shape index (κ2) is 10.9. The second-order valence-electron chi connectivity index (χ2n) is 14.2. The van der Waals surface area contributed by atoms with Crippen molar-refractivity contribution in [2.45, 2.75) is 19.3 Å². The first-order valence-corrected chi connectivity index (χ1v) is 17.5. The van der Waals surface area contributed by atoms with Crippen LogP contribution in [0.3, 0.4) is 0 Å². The van der Waals surface area contributed by atoms with E-state index in [1.54, 1.807) is 0 Å². The highest BCUT2D eigenvalue weighted by Crippen LogP contribution is 2.51. The van der Waals surface area contributed by atoms with Crippen LogP contribution in [0.25, 0.3) is 65.3 Å². The van der Waals surface area contributed by atoms with Gasteiger partial charge >= 0.3 is 0 Å². The lowest BCUT2D eigenvalue weighted by molar-refractivity contribution is 0.660. The second-order valence-corrected chi connectivity index (χ2v) is 14.2. The van der Waals surface area contributed by atoms with Crippen LogP contribution in [0.4, 0.5) is 17.1 Å². The zero-order valence-corrected chi connectivity index (χ0v) is 28.2. The lowest BCUT2D eigenvalue weighted by Crippen LogP contribution is -2.15. The standard InChI is InChI=1S/C49H35N/c1-49(2)47-17-8-7-16-44(47)46-31-40(24-27-48(46)49)50(38-14-9-13-36(29-38)37-19-18-32-10-3-4-12-35(32)28-37)39-23-20-34-22-25-42-41-15-6-5-11-33(41)21-26-43(42)45(34)30-39/h3-31H,1-2H3. The molecule has 0 unspecified atom stereocenters. The molecule has 0 bridgehead atoms. The van der Waals surface area contributed by atoms with Gasteiger partial charge in [0.2, 0.25) is 0 Å². The molecule has 9 aromatic rings. The van der Waals surface area contributed by atoms with Crippen molar-refractivity contribution in [1.82, 2.24) is 0 Å². The fourth-order valence-corrected chi connectivity index (χ4v) is 8.43. The van der Waals surface area contributed by atoms with Gasteiger partial charge in [-0.1, -0.05) is 147 Å². The summed E-state index contributed by atoms with van der Waals surface area (Å²) in [6.07, 6.45) is 0. The summed E-state index contributed by atoms with van der Waals surface area (Å²) in [4.78, 5) is 2.44. The number of anilines is 3. The van der Waals surface area contributed by atoms with Gasteiger partial charge in [-0.15, -0.1) is 0 Å². The molecule has 0 aliphatic heterocycles. The smallest absolute Gasteiger partial charge is 0.0468 e. The third kappa shape index (κ3) is 4.40. The van der Waals surface area contributed by atoms with Crippen molar-refractivity contribution in [1.29, 1.82) is 0 Å². The summed E-state index contributed by atoms with van der Waals surface area (Å²) in [6.45, 7) is 4.70. The van der Waals surface area contributed by atoms with E-state index < -0.39 is 0 Å². The molecule has 50 heavy (non-hydrogen) atoms. The molecule has 0 aromatic heterocycles. The maximum absolute atomic E-state index is 2.44. The van der Waals surface area contributed by atoms with Crippen LogP contribution in [-0.4, -0.2) is 0 Å². The highest BCUT2D eigenvalue weighted by molar-refractivity contribution is 6.17. The Bertz CT molecular complexity index is 2800. The number of hydrogen-bond acceptors (Lipinski definition) is 1. The molecule has 10 rings (SSSR count). The quantitative estimate of drug-likeness (QED) is 0.174. The highest BCUT2D eigenvalue weighted by Gasteiger charge is 2.35. The van der Waals surface area contributed by atoms with E-state index in [1.807, 2.05) is 0 Å². The summed E-state index contributed by atoms with van der Waals surface area (Å²) in [6, 6.07) is 65.1. The Morgan fingerprint density at radius 1 is 0.340 bits per heavy atom. The Morgan fingerprint density at radius 2 is 0.940 bits per heavy atom. The fraction of sp³-hybridized carbons (Fsp3) is 0.0612. The molecule has 1 nitrogen and oxygen atoms in total. The Labute approximate surface area is 292 Å². The molecule has 0 fully saturated rings. The molecule has 0 atom stereocenters. The minimum atomic E-state index is -0.0457. The summed E-state index contributed by atoms with van der Waals surface area (Å²) >= 11 is 0. The molecule has 1 aliphatic carbocycles. The molecule has 0 amide bonds. The van der Waals surface area contributed by atoms with Crippen LogP contribution in [0, 0.1) is 0 Å². The van der Waals surface area contributed by atoms with Crippen molar-refractivity contribution >= 4 is 60.2 Å². The van der Waals surface area contributed by atoms with Crippen molar-refractivity contribution in [3.8, 4) is 22.3 Å². The monoisotopic (exact) mass is 637 g/mol. The minimum absolute atomic E-state index is 0.0457. The third-order valence-electron chi connectivity index (χ3n) is 11.0. The molecule has 1 heteroatoms. The number of nitrogens with zero attached hydrogens (tertiary/aromatic N) is 1. The fourth-order valence-electron chi connectivity index (χ4n) is 8.43. The van der Waals surface area contributed by atoms with E-state index in [2.05, 4.69) is 195 Å². The first-order valence-electron chi connectivity index (χ1n) is 17.5. The van der Waals surface area contributed by atoms with Crippen LogP contribution >= 0.6 is 0 Å². The van der Waals surface area contributed by atoms with Crippen LogP contribution in [0.5, 0.6) is 0 Å². The Kier molecular flexibility index (Phi) is 6.29. The molecule has 1 aliphatic rings. The average molecular weight is 638 g/mol. The van der Waals surface area contributed by atoms with Gasteiger partial charge in [0.1, 0.15) is 0 Å². The lowest BCUT2D eigenvalue weighted by Gasteiger charge is -2.28. The van der Waals surface area contributed by atoms with Gasteiger partial charge in [0.15, 0.2) is 0 Å². The SMILES string of the molecule is CC1(C)c2ccccc2-c2cc(N(c3cccc(-c4ccc5ccccc5c4)c3)c3ccc4ccc5c6ccccc6ccc5c4c3)ccc21. The van der Waals surface area contributed by atoms with Crippen LogP contribution in [-0.2, 0) is 5.41 Å². The number of rotatable bonds is 4. The molecular weight excluding hydrogens is 603 g/mol. The van der Waals surface area contributed by atoms with E-state index in [0.29, 0.717) is 0 Å². The molecule has 236 valence electrons. The third-order valence-corrected chi connectivity index (χ3v) is 11.0. The maximum atomic E-state index is 2.44. The average Bonchev–Trinajstić information content (AvgIpc) is 3.40. The summed E-state index contributed by atoms with van der Waals surface area (Å²) < 4.78 is 0. The predicted octanol–water partition coefficient (Wildman–Crippen LogP) is 13.7. The summed E-state index contributed by atoms with van der Waals surface area (Å²) in [5.41, 5.74) is 11.2. The van der Waals surface area contributed by atoms with E-state index in [1.165, 1.54) is 76.5 Å². The number of fused-ring (bicyclic) bond motifs is 9. The van der Waals surface area contributed by atoms with E-state index in [4.69, 9.17) is 0 Å². The van der Waals surface area contributed by atoms with Crippen molar-refractivity contribution < 1.29 is 0 Å². The first-order chi connectivity index (χ1) is 24.5. The molecular formula is C49H35N. The first kappa shape index (κ1) is 28.8. The molecule has 0 saturated heterocycles. The van der Waals surface area contributed by atoms with E-state index in [-0.39, 0.29) is 5.41 Å². The largest absolute Gasteiger partial charge is 0.310 e. The number of benzene rings is 9.